The molecule has 29 heavy (non-hydrogen) atoms. The van der Waals surface area contributed by atoms with E-state index in [4.69, 9.17) is 4.74 Å². The maximum atomic E-state index is 12.4. The van der Waals surface area contributed by atoms with Crippen LogP contribution >= 0.6 is 0 Å². The van der Waals surface area contributed by atoms with Gasteiger partial charge in [-0.1, -0.05) is 0 Å². The number of rotatable bonds is 7. The Morgan fingerprint density at radius 3 is 2.07 bits per heavy atom. The molecule has 3 rings (SSSR count). The van der Waals surface area contributed by atoms with E-state index in [9.17, 15) is 4.79 Å². The molecule has 0 radical (unpaired) electrons. The number of carbonyl (C=O) groups is 1. The molecule has 0 fully saturated rings. The summed E-state index contributed by atoms with van der Waals surface area (Å²) in [5.41, 5.74) is 3.03. The molecule has 2 N–H and O–H groups in total. The van der Waals surface area contributed by atoms with E-state index in [1.54, 1.807) is 12.1 Å². The zero-order valence-corrected chi connectivity index (χ0v) is 17.0. The van der Waals surface area contributed by atoms with Crippen molar-refractivity contribution in [2.45, 2.75) is 20.0 Å². The fourth-order valence-corrected chi connectivity index (χ4v) is 2.57. The molecule has 0 saturated carbocycles. The highest BCUT2D eigenvalue weighted by Crippen LogP contribution is 2.19. The SMILES string of the molecule is CC(C)Oc1ccc(NC(=O)c2cnc(Nc3ccc(N(C)C)cc3)nc2)cc1. The minimum absolute atomic E-state index is 0.102. The minimum Gasteiger partial charge on any atom is -0.491 e. The van der Waals surface area contributed by atoms with Crippen LogP contribution in [0.4, 0.5) is 23.0 Å². The van der Waals surface area contributed by atoms with Crippen LogP contribution in [0.2, 0.25) is 0 Å². The normalized spacial score (nSPS) is 10.5. The molecule has 150 valence electrons. The highest BCUT2D eigenvalue weighted by atomic mass is 16.5. The summed E-state index contributed by atoms with van der Waals surface area (Å²) in [6.07, 6.45) is 3.09. The zero-order valence-electron chi connectivity index (χ0n) is 17.0. The topological polar surface area (TPSA) is 79.4 Å². The zero-order chi connectivity index (χ0) is 20.8. The van der Waals surface area contributed by atoms with Crippen molar-refractivity contribution < 1.29 is 9.53 Å². The Balaban J connectivity index is 1.59. The van der Waals surface area contributed by atoms with Crippen molar-refractivity contribution in [3.63, 3.8) is 0 Å². The average molecular weight is 391 g/mol. The predicted molar refractivity (Wildman–Crippen MR) is 116 cm³/mol. The van der Waals surface area contributed by atoms with Crippen LogP contribution in [0.15, 0.2) is 60.9 Å². The van der Waals surface area contributed by atoms with Gasteiger partial charge in [0.05, 0.1) is 11.7 Å². The summed E-state index contributed by atoms with van der Waals surface area (Å²) in [5, 5.41) is 5.95. The number of nitrogens with one attached hydrogen (secondary N) is 2. The summed E-state index contributed by atoms with van der Waals surface area (Å²) in [6, 6.07) is 15.1. The molecule has 7 heteroatoms. The Labute approximate surface area is 170 Å². The van der Waals surface area contributed by atoms with Crippen LogP contribution in [0.3, 0.4) is 0 Å². The Hall–Kier alpha value is -3.61. The molecule has 0 aliphatic carbocycles. The fraction of sp³-hybridized carbons (Fsp3) is 0.227. The van der Waals surface area contributed by atoms with Crippen LogP contribution < -0.4 is 20.3 Å². The van der Waals surface area contributed by atoms with Gasteiger partial charge in [-0.2, -0.15) is 0 Å². The summed E-state index contributed by atoms with van der Waals surface area (Å²) >= 11 is 0. The highest BCUT2D eigenvalue weighted by molar-refractivity contribution is 6.03. The molecule has 1 aromatic heterocycles. The van der Waals surface area contributed by atoms with Crippen LogP contribution in [-0.2, 0) is 0 Å². The lowest BCUT2D eigenvalue weighted by molar-refractivity contribution is 0.102. The number of hydrogen-bond donors (Lipinski definition) is 2. The second kappa shape index (κ2) is 9.05. The van der Waals surface area contributed by atoms with Crippen molar-refractivity contribution >= 4 is 28.9 Å². The third-order valence-electron chi connectivity index (χ3n) is 4.04. The van der Waals surface area contributed by atoms with E-state index in [0.717, 1.165) is 17.1 Å². The molecular formula is C22H25N5O2. The maximum Gasteiger partial charge on any atom is 0.258 e. The number of hydrogen-bond acceptors (Lipinski definition) is 6. The van der Waals surface area contributed by atoms with E-state index in [1.807, 2.05) is 69.2 Å². The van der Waals surface area contributed by atoms with Crippen molar-refractivity contribution in [2.24, 2.45) is 0 Å². The van der Waals surface area contributed by atoms with Crippen LogP contribution in [0.1, 0.15) is 24.2 Å². The van der Waals surface area contributed by atoms with E-state index in [2.05, 4.69) is 20.6 Å². The van der Waals surface area contributed by atoms with Crippen molar-refractivity contribution in [3.05, 3.63) is 66.5 Å². The number of aromatic nitrogens is 2. The van der Waals surface area contributed by atoms with Gasteiger partial charge in [0, 0.05) is 43.6 Å². The van der Waals surface area contributed by atoms with Gasteiger partial charge in [-0.25, -0.2) is 9.97 Å². The van der Waals surface area contributed by atoms with Gasteiger partial charge in [0.1, 0.15) is 5.75 Å². The van der Waals surface area contributed by atoms with Gasteiger partial charge in [-0.05, 0) is 62.4 Å². The number of ether oxygens (including phenoxy) is 1. The Kier molecular flexibility index (Phi) is 6.29. The highest BCUT2D eigenvalue weighted by Gasteiger charge is 2.08. The Bertz CT molecular complexity index is 936. The molecule has 0 spiro atoms. The quantitative estimate of drug-likeness (QED) is 0.624. The lowest BCUT2D eigenvalue weighted by Gasteiger charge is -2.13. The van der Waals surface area contributed by atoms with Crippen molar-refractivity contribution in [3.8, 4) is 5.75 Å². The van der Waals surface area contributed by atoms with Gasteiger partial charge >= 0.3 is 0 Å². The molecule has 0 unspecified atom stereocenters. The minimum atomic E-state index is -0.274. The fourth-order valence-electron chi connectivity index (χ4n) is 2.57. The first-order valence-corrected chi connectivity index (χ1v) is 9.35. The second-order valence-electron chi connectivity index (χ2n) is 7.01. The summed E-state index contributed by atoms with van der Waals surface area (Å²) in [7, 11) is 3.98. The van der Waals surface area contributed by atoms with Crippen LogP contribution in [-0.4, -0.2) is 36.1 Å². The van der Waals surface area contributed by atoms with E-state index < -0.39 is 0 Å². The lowest BCUT2D eigenvalue weighted by atomic mass is 10.2. The molecule has 0 atom stereocenters. The first-order chi connectivity index (χ1) is 13.9. The number of benzene rings is 2. The molecule has 2 aromatic carbocycles. The molecule has 3 aromatic rings. The Morgan fingerprint density at radius 1 is 0.931 bits per heavy atom. The first kappa shape index (κ1) is 20.1. The average Bonchev–Trinajstić information content (AvgIpc) is 2.70. The van der Waals surface area contributed by atoms with E-state index in [1.165, 1.54) is 12.4 Å². The summed E-state index contributed by atoms with van der Waals surface area (Å²) in [5.74, 6) is 0.911. The number of anilines is 4. The molecule has 1 heterocycles. The largest absolute Gasteiger partial charge is 0.491 e. The van der Waals surface area contributed by atoms with Crippen molar-refractivity contribution in [1.82, 2.24) is 9.97 Å². The number of amides is 1. The third kappa shape index (κ3) is 5.68. The van der Waals surface area contributed by atoms with E-state index in [0.29, 0.717) is 17.2 Å². The molecule has 0 aliphatic rings. The second-order valence-corrected chi connectivity index (χ2v) is 7.01. The third-order valence-corrected chi connectivity index (χ3v) is 4.04. The van der Waals surface area contributed by atoms with Crippen molar-refractivity contribution in [1.29, 1.82) is 0 Å². The van der Waals surface area contributed by atoms with Gasteiger partial charge < -0.3 is 20.3 Å². The molecule has 0 bridgehead atoms. The number of nitrogens with zero attached hydrogens (tertiary/aromatic N) is 3. The lowest BCUT2D eigenvalue weighted by Crippen LogP contribution is -2.13. The molecule has 0 saturated heterocycles. The first-order valence-electron chi connectivity index (χ1n) is 9.35. The van der Waals surface area contributed by atoms with Gasteiger partial charge in [0.2, 0.25) is 5.95 Å². The summed E-state index contributed by atoms with van der Waals surface area (Å²) < 4.78 is 5.60. The predicted octanol–water partition coefficient (Wildman–Crippen LogP) is 4.33. The van der Waals surface area contributed by atoms with Crippen LogP contribution in [0.25, 0.3) is 0 Å². The molecule has 1 amide bonds. The van der Waals surface area contributed by atoms with E-state index in [-0.39, 0.29) is 12.0 Å². The summed E-state index contributed by atoms with van der Waals surface area (Å²) in [4.78, 5) is 22.9. The van der Waals surface area contributed by atoms with Crippen LogP contribution in [0, 0.1) is 0 Å². The van der Waals surface area contributed by atoms with E-state index >= 15 is 0 Å². The molecule has 0 aliphatic heterocycles. The molecule has 7 nitrogen and oxygen atoms in total. The number of carbonyl (C=O) groups excluding carboxylic acids is 1. The van der Waals surface area contributed by atoms with Crippen molar-refractivity contribution in [2.75, 3.05) is 29.6 Å². The van der Waals surface area contributed by atoms with Gasteiger partial charge in [-0.15, -0.1) is 0 Å². The summed E-state index contributed by atoms with van der Waals surface area (Å²) in [6.45, 7) is 3.93. The maximum absolute atomic E-state index is 12.4. The van der Waals surface area contributed by atoms with Gasteiger partial charge in [0.15, 0.2) is 0 Å². The van der Waals surface area contributed by atoms with Gasteiger partial charge in [-0.3, -0.25) is 4.79 Å². The Morgan fingerprint density at radius 2 is 1.52 bits per heavy atom. The van der Waals surface area contributed by atoms with Gasteiger partial charge in [0.25, 0.3) is 5.91 Å². The standard InChI is InChI=1S/C22H25N5O2/c1-15(2)29-20-11-7-17(8-12-20)25-21(28)16-13-23-22(24-14-16)26-18-5-9-19(10-6-18)27(3)4/h5-15H,1-4H3,(H,25,28)(H,23,24,26). The van der Waals surface area contributed by atoms with Crippen LogP contribution in [0.5, 0.6) is 5.75 Å². The monoisotopic (exact) mass is 391 g/mol. The molecular weight excluding hydrogens is 366 g/mol. The smallest absolute Gasteiger partial charge is 0.258 e.